The zero-order valence-corrected chi connectivity index (χ0v) is 7.14. The molecular formula is C10H11N3. The minimum absolute atomic E-state index is 0.299. The summed E-state index contributed by atoms with van der Waals surface area (Å²) in [5.41, 5.74) is 7.72. The normalized spacial score (nSPS) is 20.7. The molecule has 3 nitrogen and oxygen atoms in total. The molecule has 3 N–H and O–H groups in total. The zero-order valence-electron chi connectivity index (χ0n) is 7.14. The third-order valence-electron chi connectivity index (χ3n) is 1.89. The van der Waals surface area contributed by atoms with Crippen LogP contribution in [0, 0.1) is 0 Å². The summed E-state index contributed by atoms with van der Waals surface area (Å²) in [5.74, 6) is 0. The average molecular weight is 173 g/mol. The molecule has 1 aliphatic rings. The van der Waals surface area contributed by atoms with Gasteiger partial charge in [-0.2, -0.15) is 0 Å². The molecule has 0 saturated heterocycles. The molecule has 0 amide bonds. The third-order valence-corrected chi connectivity index (χ3v) is 1.89. The van der Waals surface area contributed by atoms with Crippen molar-refractivity contribution in [2.45, 2.75) is 6.29 Å². The average Bonchev–Trinajstić information content (AvgIpc) is 2.20. The maximum absolute atomic E-state index is 5.52. The van der Waals surface area contributed by atoms with Crippen molar-refractivity contribution < 1.29 is 0 Å². The largest absolute Gasteiger partial charge is 0.357 e. The molecule has 0 spiro atoms. The van der Waals surface area contributed by atoms with Crippen LogP contribution in [-0.4, -0.2) is 12.5 Å². The lowest BCUT2D eigenvalue weighted by molar-refractivity contribution is 0.641. The van der Waals surface area contributed by atoms with E-state index in [0.717, 1.165) is 11.1 Å². The predicted octanol–water partition coefficient (Wildman–Crippen LogP) is 0.944. The SMILES string of the molecule is NC1N=CC(c2ccccc2)=CN1. The van der Waals surface area contributed by atoms with Gasteiger partial charge in [-0.1, -0.05) is 30.3 Å². The van der Waals surface area contributed by atoms with Gasteiger partial charge >= 0.3 is 0 Å². The van der Waals surface area contributed by atoms with E-state index in [1.54, 1.807) is 6.21 Å². The first-order valence-electron chi connectivity index (χ1n) is 4.17. The third kappa shape index (κ3) is 1.76. The Labute approximate surface area is 77.0 Å². The van der Waals surface area contributed by atoms with Gasteiger partial charge in [-0.15, -0.1) is 0 Å². The number of hydrogen-bond donors (Lipinski definition) is 2. The lowest BCUT2D eigenvalue weighted by atomic mass is 10.1. The summed E-state index contributed by atoms with van der Waals surface area (Å²) in [5, 5.41) is 2.95. The predicted molar refractivity (Wildman–Crippen MR) is 54.0 cm³/mol. The number of benzene rings is 1. The molecular weight excluding hydrogens is 162 g/mol. The van der Waals surface area contributed by atoms with Gasteiger partial charge in [0, 0.05) is 18.0 Å². The number of allylic oxidation sites excluding steroid dienone is 1. The van der Waals surface area contributed by atoms with Crippen LogP contribution < -0.4 is 11.1 Å². The number of nitrogens with zero attached hydrogens (tertiary/aromatic N) is 1. The molecule has 0 saturated carbocycles. The molecule has 1 aliphatic heterocycles. The first-order chi connectivity index (χ1) is 6.36. The fourth-order valence-electron chi connectivity index (χ4n) is 1.20. The van der Waals surface area contributed by atoms with E-state index in [1.165, 1.54) is 0 Å². The van der Waals surface area contributed by atoms with Crippen molar-refractivity contribution in [3.8, 4) is 0 Å². The van der Waals surface area contributed by atoms with Crippen molar-refractivity contribution in [2.75, 3.05) is 0 Å². The fourth-order valence-corrected chi connectivity index (χ4v) is 1.20. The summed E-state index contributed by atoms with van der Waals surface area (Å²) in [6, 6.07) is 10.1. The molecule has 0 radical (unpaired) electrons. The van der Waals surface area contributed by atoms with Crippen molar-refractivity contribution in [3.05, 3.63) is 42.1 Å². The standard InChI is InChI=1S/C10H11N3/c11-10-12-6-9(7-13-10)8-4-2-1-3-5-8/h1-7,10,12H,11H2. The lowest BCUT2D eigenvalue weighted by Crippen LogP contribution is -2.34. The minimum atomic E-state index is -0.299. The summed E-state index contributed by atoms with van der Waals surface area (Å²) in [6.07, 6.45) is 3.37. The highest BCUT2D eigenvalue weighted by Crippen LogP contribution is 2.12. The number of hydrogen-bond acceptors (Lipinski definition) is 3. The van der Waals surface area contributed by atoms with E-state index in [0.29, 0.717) is 0 Å². The number of nitrogens with two attached hydrogens (primary N) is 1. The van der Waals surface area contributed by atoms with Crippen molar-refractivity contribution in [1.29, 1.82) is 0 Å². The van der Waals surface area contributed by atoms with Crippen LogP contribution in [0.3, 0.4) is 0 Å². The van der Waals surface area contributed by atoms with Gasteiger partial charge in [0.05, 0.1) is 0 Å². The topological polar surface area (TPSA) is 50.4 Å². The quantitative estimate of drug-likeness (QED) is 0.664. The molecule has 0 aliphatic carbocycles. The number of aliphatic imine (C=N–C) groups is 1. The van der Waals surface area contributed by atoms with E-state index in [1.807, 2.05) is 36.5 Å². The summed E-state index contributed by atoms with van der Waals surface area (Å²) in [7, 11) is 0. The number of nitrogens with one attached hydrogen (secondary N) is 1. The van der Waals surface area contributed by atoms with Gasteiger partial charge in [-0.25, -0.2) is 0 Å². The summed E-state index contributed by atoms with van der Waals surface area (Å²) in [4.78, 5) is 4.06. The molecule has 1 aromatic carbocycles. The molecule has 0 fully saturated rings. The maximum Gasteiger partial charge on any atom is 0.170 e. The molecule has 66 valence electrons. The monoisotopic (exact) mass is 173 g/mol. The van der Waals surface area contributed by atoms with E-state index in [4.69, 9.17) is 5.73 Å². The van der Waals surface area contributed by atoms with Crippen molar-refractivity contribution in [3.63, 3.8) is 0 Å². The fraction of sp³-hybridized carbons (Fsp3) is 0.100. The van der Waals surface area contributed by atoms with Gasteiger partial charge in [0.25, 0.3) is 0 Å². The van der Waals surface area contributed by atoms with Gasteiger partial charge in [0.1, 0.15) is 0 Å². The molecule has 1 atom stereocenters. The molecule has 3 heteroatoms. The van der Waals surface area contributed by atoms with E-state index >= 15 is 0 Å². The van der Waals surface area contributed by atoms with Gasteiger partial charge in [-0.05, 0) is 5.56 Å². The summed E-state index contributed by atoms with van der Waals surface area (Å²) in [6.45, 7) is 0. The molecule has 2 rings (SSSR count). The molecule has 1 aromatic rings. The Balaban J connectivity index is 2.25. The van der Waals surface area contributed by atoms with Crippen LogP contribution in [0.1, 0.15) is 5.56 Å². The highest BCUT2D eigenvalue weighted by atomic mass is 15.2. The Morgan fingerprint density at radius 3 is 2.62 bits per heavy atom. The Hall–Kier alpha value is -1.61. The first-order valence-corrected chi connectivity index (χ1v) is 4.17. The van der Waals surface area contributed by atoms with Crippen LogP contribution in [0.4, 0.5) is 0 Å². The lowest BCUT2D eigenvalue weighted by Gasteiger charge is -2.13. The van der Waals surface area contributed by atoms with Crippen LogP contribution in [0.5, 0.6) is 0 Å². The van der Waals surface area contributed by atoms with E-state index in [9.17, 15) is 0 Å². The smallest absolute Gasteiger partial charge is 0.170 e. The Morgan fingerprint density at radius 2 is 2.00 bits per heavy atom. The molecule has 0 aromatic heterocycles. The molecule has 13 heavy (non-hydrogen) atoms. The van der Waals surface area contributed by atoms with Gasteiger partial charge in [0.15, 0.2) is 6.29 Å². The van der Waals surface area contributed by atoms with Crippen molar-refractivity contribution in [2.24, 2.45) is 10.7 Å². The second-order valence-corrected chi connectivity index (χ2v) is 2.86. The zero-order chi connectivity index (χ0) is 9.10. The van der Waals surface area contributed by atoms with Crippen LogP contribution in [0.2, 0.25) is 0 Å². The van der Waals surface area contributed by atoms with Crippen LogP contribution in [0.25, 0.3) is 5.57 Å². The molecule has 1 unspecified atom stereocenters. The van der Waals surface area contributed by atoms with Crippen LogP contribution in [-0.2, 0) is 0 Å². The second kappa shape index (κ2) is 3.41. The van der Waals surface area contributed by atoms with E-state index in [2.05, 4.69) is 10.3 Å². The van der Waals surface area contributed by atoms with Gasteiger partial charge in [0.2, 0.25) is 0 Å². The molecule has 1 heterocycles. The van der Waals surface area contributed by atoms with Crippen LogP contribution in [0.15, 0.2) is 41.5 Å². The Morgan fingerprint density at radius 1 is 1.23 bits per heavy atom. The first kappa shape index (κ1) is 8.01. The van der Waals surface area contributed by atoms with Gasteiger partial charge < -0.3 is 5.32 Å². The van der Waals surface area contributed by atoms with Crippen LogP contribution >= 0.6 is 0 Å². The Kier molecular flexibility index (Phi) is 2.10. The van der Waals surface area contributed by atoms with Crippen molar-refractivity contribution >= 4 is 11.8 Å². The van der Waals surface area contributed by atoms with E-state index in [-0.39, 0.29) is 6.29 Å². The van der Waals surface area contributed by atoms with Crippen molar-refractivity contribution in [1.82, 2.24) is 5.32 Å². The highest BCUT2D eigenvalue weighted by Gasteiger charge is 2.04. The maximum atomic E-state index is 5.52. The summed E-state index contributed by atoms with van der Waals surface area (Å²) < 4.78 is 0. The van der Waals surface area contributed by atoms with Gasteiger partial charge in [-0.3, -0.25) is 10.7 Å². The minimum Gasteiger partial charge on any atom is -0.357 e. The summed E-state index contributed by atoms with van der Waals surface area (Å²) >= 11 is 0. The number of rotatable bonds is 1. The Bertz CT molecular complexity index is 340. The molecule has 0 bridgehead atoms. The second-order valence-electron chi connectivity index (χ2n) is 2.86. The van der Waals surface area contributed by atoms with E-state index < -0.39 is 0 Å². The highest BCUT2D eigenvalue weighted by molar-refractivity contribution is 6.10.